The van der Waals surface area contributed by atoms with Gasteiger partial charge in [0.25, 0.3) is 0 Å². The van der Waals surface area contributed by atoms with Gasteiger partial charge in [-0.1, -0.05) is 11.6 Å². The Hall–Kier alpha value is -0.580. The molecule has 0 bridgehead atoms. The van der Waals surface area contributed by atoms with E-state index in [9.17, 15) is 0 Å². The minimum Gasteiger partial charge on any atom is -0.394 e. The SMILES string of the molecule is NC(CO)c1c(Cl)n[nH]c1C1CC1. The number of hydrogen-bond donors (Lipinski definition) is 3. The minimum atomic E-state index is -0.415. The van der Waals surface area contributed by atoms with Crippen molar-refractivity contribution in [1.82, 2.24) is 10.2 Å². The lowest BCUT2D eigenvalue weighted by Gasteiger charge is -2.08. The first kappa shape index (κ1) is 8.99. The molecule has 0 aromatic carbocycles. The normalized spacial score (nSPS) is 19.0. The van der Waals surface area contributed by atoms with Gasteiger partial charge in [0.15, 0.2) is 5.15 Å². The Morgan fingerprint density at radius 3 is 2.92 bits per heavy atom. The average Bonchev–Trinajstić information content (AvgIpc) is 2.89. The van der Waals surface area contributed by atoms with Gasteiger partial charge in [-0.25, -0.2) is 0 Å². The summed E-state index contributed by atoms with van der Waals surface area (Å²) in [7, 11) is 0. The van der Waals surface area contributed by atoms with Crippen LogP contribution in [-0.2, 0) is 0 Å². The van der Waals surface area contributed by atoms with E-state index in [2.05, 4.69) is 10.2 Å². The molecule has 1 saturated carbocycles. The first-order valence-corrected chi connectivity index (χ1v) is 4.72. The maximum atomic E-state index is 8.93. The van der Waals surface area contributed by atoms with Gasteiger partial charge in [-0.15, -0.1) is 0 Å². The van der Waals surface area contributed by atoms with Crippen LogP contribution >= 0.6 is 11.6 Å². The molecule has 1 aromatic heterocycles. The lowest BCUT2D eigenvalue weighted by atomic mass is 10.1. The highest BCUT2D eigenvalue weighted by molar-refractivity contribution is 6.30. The maximum Gasteiger partial charge on any atom is 0.155 e. The Morgan fingerprint density at radius 1 is 1.69 bits per heavy atom. The van der Waals surface area contributed by atoms with Crippen LogP contribution in [0.25, 0.3) is 0 Å². The molecule has 1 unspecified atom stereocenters. The van der Waals surface area contributed by atoms with E-state index in [-0.39, 0.29) is 6.61 Å². The molecule has 1 aromatic rings. The summed E-state index contributed by atoms with van der Waals surface area (Å²) < 4.78 is 0. The lowest BCUT2D eigenvalue weighted by Crippen LogP contribution is -2.15. The highest BCUT2D eigenvalue weighted by Gasteiger charge is 2.31. The summed E-state index contributed by atoms with van der Waals surface area (Å²) in [5.41, 5.74) is 7.50. The van der Waals surface area contributed by atoms with Crippen molar-refractivity contribution in [3.05, 3.63) is 16.4 Å². The minimum absolute atomic E-state index is 0.0982. The Bertz CT molecular complexity index is 308. The number of aliphatic hydroxyl groups excluding tert-OH is 1. The summed E-state index contributed by atoms with van der Waals surface area (Å²) in [6, 6.07) is -0.415. The number of rotatable bonds is 3. The predicted octanol–water partition coefficient (Wildman–Crippen LogP) is 0.933. The molecule has 0 saturated heterocycles. The predicted molar refractivity (Wildman–Crippen MR) is 49.6 cm³/mol. The summed E-state index contributed by atoms with van der Waals surface area (Å²) in [6.45, 7) is -0.0982. The molecule has 13 heavy (non-hydrogen) atoms. The number of nitrogens with zero attached hydrogens (tertiary/aromatic N) is 1. The van der Waals surface area contributed by atoms with Crippen molar-refractivity contribution < 1.29 is 5.11 Å². The van der Waals surface area contributed by atoms with E-state index < -0.39 is 6.04 Å². The van der Waals surface area contributed by atoms with Crippen LogP contribution in [0.1, 0.15) is 36.1 Å². The molecule has 0 aliphatic heterocycles. The third-order valence-corrected chi connectivity index (χ3v) is 2.63. The standard InChI is InChI=1S/C8H12ClN3O/c9-8-6(5(10)3-13)7(11-12-8)4-1-2-4/h4-5,13H,1-3,10H2,(H,11,12). The lowest BCUT2D eigenvalue weighted by molar-refractivity contribution is 0.267. The van der Waals surface area contributed by atoms with Crippen molar-refractivity contribution in [2.24, 2.45) is 5.73 Å². The van der Waals surface area contributed by atoms with Gasteiger partial charge in [-0.05, 0) is 12.8 Å². The van der Waals surface area contributed by atoms with Gasteiger partial charge >= 0.3 is 0 Å². The smallest absolute Gasteiger partial charge is 0.155 e. The fraction of sp³-hybridized carbons (Fsp3) is 0.625. The van der Waals surface area contributed by atoms with Crippen molar-refractivity contribution in [2.75, 3.05) is 6.61 Å². The van der Waals surface area contributed by atoms with Crippen LogP contribution < -0.4 is 5.73 Å². The molecule has 4 nitrogen and oxygen atoms in total. The molecular weight excluding hydrogens is 190 g/mol. The van der Waals surface area contributed by atoms with E-state index in [4.69, 9.17) is 22.4 Å². The second-order valence-corrected chi connectivity index (χ2v) is 3.76. The number of nitrogens with one attached hydrogen (secondary N) is 1. The number of H-pyrrole nitrogens is 1. The summed E-state index contributed by atoms with van der Waals surface area (Å²) in [5, 5.41) is 16.1. The zero-order valence-electron chi connectivity index (χ0n) is 7.13. The Morgan fingerprint density at radius 2 is 2.38 bits per heavy atom. The summed E-state index contributed by atoms with van der Waals surface area (Å²) in [6.07, 6.45) is 2.31. The van der Waals surface area contributed by atoms with Crippen molar-refractivity contribution in [2.45, 2.75) is 24.8 Å². The molecule has 1 atom stereocenters. The zero-order valence-corrected chi connectivity index (χ0v) is 7.88. The molecule has 2 rings (SSSR count). The van der Waals surface area contributed by atoms with Gasteiger partial charge in [-0.2, -0.15) is 5.10 Å². The quantitative estimate of drug-likeness (QED) is 0.681. The van der Waals surface area contributed by atoms with Gasteiger partial charge in [-0.3, -0.25) is 5.10 Å². The van der Waals surface area contributed by atoms with E-state index >= 15 is 0 Å². The van der Waals surface area contributed by atoms with Crippen molar-refractivity contribution in [3.8, 4) is 0 Å². The van der Waals surface area contributed by atoms with Gasteiger partial charge < -0.3 is 10.8 Å². The average molecular weight is 202 g/mol. The summed E-state index contributed by atoms with van der Waals surface area (Å²) in [5.74, 6) is 0.521. The number of hydrogen-bond acceptors (Lipinski definition) is 3. The number of aliphatic hydroxyl groups is 1. The largest absolute Gasteiger partial charge is 0.394 e. The first-order valence-electron chi connectivity index (χ1n) is 4.34. The fourth-order valence-electron chi connectivity index (χ4n) is 1.47. The third-order valence-electron chi connectivity index (χ3n) is 2.34. The molecule has 1 heterocycles. The second-order valence-electron chi connectivity index (χ2n) is 3.41. The van der Waals surface area contributed by atoms with E-state index in [0.717, 1.165) is 24.1 Å². The van der Waals surface area contributed by atoms with Crippen LogP contribution in [0.15, 0.2) is 0 Å². The molecule has 0 spiro atoms. The summed E-state index contributed by atoms with van der Waals surface area (Å²) >= 11 is 5.86. The first-order chi connectivity index (χ1) is 6.24. The Labute approximate surface area is 81.1 Å². The van der Waals surface area contributed by atoms with Crippen molar-refractivity contribution in [3.63, 3.8) is 0 Å². The highest BCUT2D eigenvalue weighted by Crippen LogP contribution is 2.43. The van der Waals surface area contributed by atoms with Gasteiger partial charge in [0.1, 0.15) is 0 Å². The third kappa shape index (κ3) is 1.57. The van der Waals surface area contributed by atoms with Crippen molar-refractivity contribution >= 4 is 11.6 Å². The number of nitrogens with two attached hydrogens (primary N) is 1. The zero-order chi connectivity index (χ0) is 9.42. The van der Waals surface area contributed by atoms with Crippen LogP contribution in [-0.4, -0.2) is 21.9 Å². The number of aromatic amines is 1. The van der Waals surface area contributed by atoms with Crippen molar-refractivity contribution in [1.29, 1.82) is 0 Å². The van der Waals surface area contributed by atoms with E-state index in [1.807, 2.05) is 0 Å². The van der Waals surface area contributed by atoms with Crippen LogP contribution in [0.4, 0.5) is 0 Å². The monoisotopic (exact) mass is 201 g/mol. The van der Waals surface area contributed by atoms with E-state index in [0.29, 0.717) is 11.1 Å². The van der Waals surface area contributed by atoms with Crippen LogP contribution in [0.5, 0.6) is 0 Å². The topological polar surface area (TPSA) is 74.9 Å². The van der Waals surface area contributed by atoms with Gasteiger partial charge in [0, 0.05) is 17.2 Å². The van der Waals surface area contributed by atoms with E-state index in [1.165, 1.54) is 0 Å². The number of aromatic nitrogens is 2. The molecule has 1 aliphatic carbocycles. The van der Waals surface area contributed by atoms with E-state index in [1.54, 1.807) is 0 Å². The second kappa shape index (κ2) is 3.29. The molecule has 4 N–H and O–H groups in total. The summed E-state index contributed by atoms with van der Waals surface area (Å²) in [4.78, 5) is 0. The fourth-order valence-corrected chi connectivity index (χ4v) is 1.75. The van der Waals surface area contributed by atoms with Crippen LogP contribution in [0.2, 0.25) is 5.15 Å². The Balaban J connectivity index is 2.33. The molecule has 0 radical (unpaired) electrons. The Kier molecular flexibility index (Phi) is 2.27. The molecular formula is C8H12ClN3O. The van der Waals surface area contributed by atoms with Crippen LogP contribution in [0.3, 0.4) is 0 Å². The molecule has 5 heteroatoms. The van der Waals surface area contributed by atoms with Gasteiger partial charge in [0.05, 0.1) is 12.6 Å². The molecule has 0 amide bonds. The van der Waals surface area contributed by atoms with Crippen LogP contribution in [0, 0.1) is 0 Å². The number of halogens is 1. The molecule has 72 valence electrons. The maximum absolute atomic E-state index is 8.93. The molecule has 1 fully saturated rings. The highest BCUT2D eigenvalue weighted by atomic mass is 35.5. The van der Waals surface area contributed by atoms with Gasteiger partial charge in [0.2, 0.25) is 0 Å². The molecule has 1 aliphatic rings.